The first-order valence-electron chi connectivity index (χ1n) is 4.65. The van der Waals surface area contributed by atoms with Crippen LogP contribution in [0.25, 0.3) is 0 Å². The normalized spacial score (nSPS) is 12.3. The van der Waals surface area contributed by atoms with Gasteiger partial charge in [0, 0.05) is 20.5 Å². The van der Waals surface area contributed by atoms with Gasteiger partial charge in [-0.2, -0.15) is 0 Å². The van der Waals surface area contributed by atoms with E-state index in [9.17, 15) is 9.59 Å². The van der Waals surface area contributed by atoms with Crippen molar-refractivity contribution in [1.82, 2.24) is 4.90 Å². The van der Waals surface area contributed by atoms with E-state index in [1.807, 2.05) is 0 Å². The van der Waals surface area contributed by atoms with Crippen molar-refractivity contribution in [3.63, 3.8) is 0 Å². The van der Waals surface area contributed by atoms with Crippen LogP contribution < -0.4 is 5.73 Å². The lowest BCUT2D eigenvalue weighted by atomic mass is 10.1. The van der Waals surface area contributed by atoms with E-state index in [4.69, 9.17) is 5.73 Å². The topological polar surface area (TPSA) is 63.4 Å². The molecule has 0 aliphatic carbocycles. The first-order valence-corrected chi connectivity index (χ1v) is 5.10. The molecule has 0 saturated carbocycles. The van der Waals surface area contributed by atoms with Crippen LogP contribution in [0.2, 0.25) is 0 Å². The second-order valence-corrected chi connectivity index (χ2v) is 3.82. The highest BCUT2D eigenvalue weighted by Crippen LogP contribution is 2.02. The Morgan fingerprint density at radius 1 is 1.43 bits per heavy atom. The Kier molecular flexibility index (Phi) is 6.57. The Hall–Kier alpha value is -0.550. The third-order valence-corrected chi connectivity index (χ3v) is 2.45. The van der Waals surface area contributed by atoms with Gasteiger partial charge in [0.1, 0.15) is 0 Å². The van der Waals surface area contributed by atoms with Gasteiger partial charge in [-0.3, -0.25) is 9.59 Å². The van der Waals surface area contributed by atoms with Crippen LogP contribution in [0, 0.1) is 0 Å². The van der Waals surface area contributed by atoms with Crippen LogP contribution >= 0.6 is 12.6 Å². The summed E-state index contributed by atoms with van der Waals surface area (Å²) in [5.41, 5.74) is 5.49. The molecule has 82 valence electrons. The summed E-state index contributed by atoms with van der Waals surface area (Å²) in [4.78, 5) is 23.1. The Morgan fingerprint density at radius 3 is 2.43 bits per heavy atom. The van der Waals surface area contributed by atoms with E-state index in [2.05, 4.69) is 12.6 Å². The second-order valence-electron chi connectivity index (χ2n) is 3.38. The smallest absolute Gasteiger partial charge is 0.219 e. The Bertz CT molecular complexity index is 187. The fraction of sp³-hybridized carbons (Fsp3) is 0.778. The first-order chi connectivity index (χ1) is 6.45. The number of carbonyl (C=O) groups excluding carboxylic acids is 2. The zero-order valence-electron chi connectivity index (χ0n) is 8.69. The lowest BCUT2D eigenvalue weighted by Gasteiger charge is -2.14. The maximum atomic E-state index is 10.8. The SMILES string of the molecule is CC(=O)N(C)CCCCC(N)C(=O)S. The van der Waals surface area contributed by atoms with Crippen LogP contribution in [0.4, 0.5) is 0 Å². The molecule has 1 atom stereocenters. The molecule has 4 nitrogen and oxygen atoms in total. The van der Waals surface area contributed by atoms with Gasteiger partial charge in [-0.1, -0.05) is 0 Å². The van der Waals surface area contributed by atoms with E-state index in [1.54, 1.807) is 11.9 Å². The van der Waals surface area contributed by atoms with E-state index in [0.29, 0.717) is 13.0 Å². The lowest BCUT2D eigenvalue weighted by molar-refractivity contribution is -0.127. The van der Waals surface area contributed by atoms with Crippen LogP contribution in [0.5, 0.6) is 0 Å². The highest BCUT2D eigenvalue weighted by atomic mass is 32.1. The number of nitrogens with zero attached hydrogens (tertiary/aromatic N) is 1. The largest absolute Gasteiger partial charge is 0.346 e. The molecule has 0 aromatic carbocycles. The highest BCUT2D eigenvalue weighted by Gasteiger charge is 2.08. The summed E-state index contributed by atoms with van der Waals surface area (Å²) in [6.45, 7) is 2.24. The van der Waals surface area contributed by atoms with E-state index in [1.165, 1.54) is 6.92 Å². The average Bonchev–Trinajstić information content (AvgIpc) is 2.11. The summed E-state index contributed by atoms with van der Waals surface area (Å²) in [5.74, 6) is 0.0552. The number of hydrogen-bond donors (Lipinski definition) is 2. The van der Waals surface area contributed by atoms with Crippen molar-refractivity contribution in [3.05, 3.63) is 0 Å². The number of hydrogen-bond acceptors (Lipinski definition) is 3. The Morgan fingerprint density at radius 2 is 2.00 bits per heavy atom. The van der Waals surface area contributed by atoms with Crippen LogP contribution in [0.15, 0.2) is 0 Å². The van der Waals surface area contributed by atoms with Gasteiger partial charge in [0.05, 0.1) is 6.04 Å². The molecule has 0 fully saturated rings. The second kappa shape index (κ2) is 6.84. The molecule has 0 aromatic rings. The van der Waals surface area contributed by atoms with Gasteiger partial charge >= 0.3 is 0 Å². The molecule has 0 radical (unpaired) electrons. The summed E-state index contributed by atoms with van der Waals surface area (Å²) in [6, 6.07) is -0.471. The van der Waals surface area contributed by atoms with Crippen molar-refractivity contribution in [1.29, 1.82) is 0 Å². The van der Waals surface area contributed by atoms with Gasteiger partial charge in [0.2, 0.25) is 11.0 Å². The maximum absolute atomic E-state index is 10.8. The fourth-order valence-electron chi connectivity index (χ4n) is 0.994. The standard InChI is InChI=1S/C9H18N2O2S/c1-7(12)11(2)6-4-3-5-8(10)9(13)14/h8H,3-6,10H2,1-2H3,(H,13,14). The molecule has 1 unspecified atom stereocenters. The molecule has 1 amide bonds. The Labute approximate surface area is 90.2 Å². The van der Waals surface area contributed by atoms with Crippen molar-refractivity contribution in [2.45, 2.75) is 32.2 Å². The minimum absolute atomic E-state index is 0.0552. The van der Waals surface area contributed by atoms with Gasteiger partial charge in [-0.25, -0.2) is 0 Å². The summed E-state index contributed by atoms with van der Waals surface area (Å²) >= 11 is 3.64. The van der Waals surface area contributed by atoms with Gasteiger partial charge < -0.3 is 10.6 Å². The third-order valence-electron chi connectivity index (χ3n) is 2.11. The van der Waals surface area contributed by atoms with E-state index < -0.39 is 6.04 Å². The number of amides is 1. The zero-order chi connectivity index (χ0) is 11.1. The molecule has 0 rings (SSSR count). The monoisotopic (exact) mass is 218 g/mol. The van der Waals surface area contributed by atoms with Gasteiger partial charge in [0.15, 0.2) is 0 Å². The van der Waals surface area contributed by atoms with Crippen LogP contribution in [-0.4, -0.2) is 35.6 Å². The minimum atomic E-state index is -0.471. The Balaban J connectivity index is 3.47. The van der Waals surface area contributed by atoms with Crippen LogP contribution in [-0.2, 0) is 9.59 Å². The average molecular weight is 218 g/mol. The summed E-state index contributed by atoms with van der Waals surface area (Å²) in [7, 11) is 1.76. The minimum Gasteiger partial charge on any atom is -0.346 e. The van der Waals surface area contributed by atoms with Crippen molar-refractivity contribution < 1.29 is 9.59 Å². The van der Waals surface area contributed by atoms with E-state index in [-0.39, 0.29) is 11.0 Å². The van der Waals surface area contributed by atoms with Crippen molar-refractivity contribution >= 4 is 23.7 Å². The van der Waals surface area contributed by atoms with E-state index in [0.717, 1.165) is 12.8 Å². The van der Waals surface area contributed by atoms with Crippen LogP contribution in [0.3, 0.4) is 0 Å². The summed E-state index contributed by atoms with van der Waals surface area (Å²) in [6.07, 6.45) is 2.34. The molecule has 0 aromatic heterocycles. The molecule has 2 N–H and O–H groups in total. The van der Waals surface area contributed by atoms with Gasteiger partial charge in [-0.05, 0) is 19.3 Å². The number of unbranched alkanes of at least 4 members (excludes halogenated alkanes) is 1. The lowest BCUT2D eigenvalue weighted by Crippen LogP contribution is -2.28. The number of rotatable bonds is 6. The molecular weight excluding hydrogens is 200 g/mol. The molecule has 0 aliphatic rings. The highest BCUT2D eigenvalue weighted by molar-refractivity contribution is 7.96. The third kappa shape index (κ3) is 5.99. The molecule has 0 aliphatic heterocycles. The molecule has 14 heavy (non-hydrogen) atoms. The quantitative estimate of drug-likeness (QED) is 0.501. The molecule has 0 spiro atoms. The van der Waals surface area contributed by atoms with Crippen molar-refractivity contribution in [3.8, 4) is 0 Å². The summed E-state index contributed by atoms with van der Waals surface area (Å²) < 4.78 is 0. The van der Waals surface area contributed by atoms with Crippen molar-refractivity contribution in [2.75, 3.05) is 13.6 Å². The predicted octanol–water partition coefficient (Wildman–Crippen LogP) is 0.419. The number of carbonyl (C=O) groups is 2. The number of thiol groups is 1. The predicted molar refractivity (Wildman–Crippen MR) is 59.1 cm³/mol. The van der Waals surface area contributed by atoms with Gasteiger partial charge in [-0.15, -0.1) is 12.6 Å². The molecule has 0 bridgehead atoms. The molecule has 0 saturated heterocycles. The molecular formula is C9H18N2O2S. The van der Waals surface area contributed by atoms with Crippen LogP contribution in [0.1, 0.15) is 26.2 Å². The van der Waals surface area contributed by atoms with Crippen molar-refractivity contribution in [2.24, 2.45) is 5.73 Å². The number of nitrogens with two attached hydrogens (primary N) is 1. The fourth-order valence-corrected chi connectivity index (χ4v) is 1.12. The van der Waals surface area contributed by atoms with Gasteiger partial charge in [0.25, 0.3) is 0 Å². The maximum Gasteiger partial charge on any atom is 0.219 e. The summed E-state index contributed by atoms with van der Waals surface area (Å²) in [5, 5.41) is -0.273. The zero-order valence-corrected chi connectivity index (χ0v) is 9.59. The first kappa shape index (κ1) is 13.4. The molecule has 0 heterocycles. The molecule has 5 heteroatoms. The van der Waals surface area contributed by atoms with E-state index >= 15 is 0 Å².